The van der Waals surface area contributed by atoms with Gasteiger partial charge >= 0.3 is 5.97 Å². The van der Waals surface area contributed by atoms with Gasteiger partial charge in [0, 0.05) is 6.42 Å². The Morgan fingerprint density at radius 1 is 0.740 bits per heavy atom. The van der Waals surface area contributed by atoms with Crippen LogP contribution < -0.4 is 26.6 Å². The second-order valence-electron chi connectivity index (χ2n) is 14.5. The Balaban J connectivity index is 2.42. The summed E-state index contributed by atoms with van der Waals surface area (Å²) >= 11 is 0. The molecule has 280 valence electrons. The number of nitrogens with one attached hydrogen (secondary N) is 5. The van der Waals surface area contributed by atoms with Crippen LogP contribution in [0.3, 0.4) is 0 Å². The maximum absolute atomic E-state index is 13.8. The van der Waals surface area contributed by atoms with Crippen molar-refractivity contribution < 1.29 is 33.5 Å². The molecule has 1 aliphatic rings. The number of ether oxygens (including phenoxy) is 1. The molecule has 1 aromatic carbocycles. The average molecular weight is 700 g/mol. The van der Waals surface area contributed by atoms with E-state index in [4.69, 9.17) is 4.74 Å². The van der Waals surface area contributed by atoms with E-state index in [-0.39, 0.29) is 43.6 Å². The SMILES string of the molecule is CCCCCCCC[C@@H](C)[C@@H]1CC(=O)NCC(=O)N[C@@H](C(C)C)C(=O)N[C@H](CC(C)C)C(=O)N[C@@H](C)C(=O)N[C@@H](Cc2ccccc2)C(=O)O1. The van der Waals surface area contributed by atoms with Gasteiger partial charge in [0.25, 0.3) is 0 Å². The Morgan fingerprint density at radius 3 is 2.02 bits per heavy atom. The van der Waals surface area contributed by atoms with E-state index in [0.717, 1.165) is 44.1 Å². The molecule has 0 unspecified atom stereocenters. The number of hydrogen-bond donors (Lipinski definition) is 5. The standard InChI is InChI=1S/C38H61N5O7/c1-8-9-10-11-12-14-17-26(6)31-22-32(44)39-23-33(45)43-34(25(4)5)37(48)41-29(20-24(2)3)36(47)40-27(7)35(46)42-30(38(49)50-31)21-28-18-15-13-16-19-28/h13,15-16,18-19,24-27,29-31,34H,8-12,14,17,20-23H2,1-7H3,(H,39,44)(H,40,47)(H,41,48)(H,42,46)(H,43,45)/t26-,27+,29-,30+,31+,34+/m1/s1. The normalized spacial score (nSPS) is 24.1. The molecule has 6 atom stereocenters. The zero-order valence-corrected chi connectivity index (χ0v) is 31.1. The van der Waals surface area contributed by atoms with E-state index < -0.39 is 65.8 Å². The lowest BCUT2D eigenvalue weighted by molar-refractivity contribution is -0.157. The lowest BCUT2D eigenvalue weighted by Crippen LogP contribution is -2.58. The molecule has 1 heterocycles. The van der Waals surface area contributed by atoms with Crippen LogP contribution in [-0.2, 0) is 39.9 Å². The Morgan fingerprint density at radius 2 is 1.38 bits per heavy atom. The van der Waals surface area contributed by atoms with Gasteiger partial charge in [0.15, 0.2) is 0 Å². The number of amides is 5. The van der Waals surface area contributed by atoms with Crippen LogP contribution in [0.25, 0.3) is 0 Å². The van der Waals surface area contributed by atoms with E-state index in [0.29, 0.717) is 0 Å². The molecule has 1 aliphatic heterocycles. The highest BCUT2D eigenvalue weighted by Gasteiger charge is 2.34. The summed E-state index contributed by atoms with van der Waals surface area (Å²) in [6.07, 6.45) is 6.65. The second kappa shape index (κ2) is 22.0. The molecule has 12 nitrogen and oxygen atoms in total. The first-order valence-electron chi connectivity index (χ1n) is 18.4. The third-order valence-corrected chi connectivity index (χ3v) is 8.99. The molecular weight excluding hydrogens is 638 g/mol. The molecule has 1 fully saturated rings. The van der Waals surface area contributed by atoms with Gasteiger partial charge in [-0.25, -0.2) is 4.79 Å². The van der Waals surface area contributed by atoms with Crippen LogP contribution in [0.2, 0.25) is 0 Å². The van der Waals surface area contributed by atoms with Crippen LogP contribution in [0.15, 0.2) is 30.3 Å². The first-order chi connectivity index (χ1) is 23.7. The molecule has 0 aromatic heterocycles. The summed E-state index contributed by atoms with van der Waals surface area (Å²) in [5, 5.41) is 13.5. The van der Waals surface area contributed by atoms with E-state index in [9.17, 15) is 28.8 Å². The van der Waals surface area contributed by atoms with E-state index in [2.05, 4.69) is 33.5 Å². The number of carbonyl (C=O) groups excluding carboxylic acids is 6. The van der Waals surface area contributed by atoms with Gasteiger partial charge in [0.1, 0.15) is 30.3 Å². The van der Waals surface area contributed by atoms with Gasteiger partial charge in [-0.15, -0.1) is 0 Å². The topological polar surface area (TPSA) is 172 Å². The summed E-state index contributed by atoms with van der Waals surface area (Å²) in [5.41, 5.74) is 0.782. The minimum absolute atomic E-state index is 0.0144. The number of unbranched alkanes of at least 4 members (excludes halogenated alkanes) is 5. The third kappa shape index (κ3) is 15.3. The lowest BCUT2D eigenvalue weighted by atomic mass is 9.94. The van der Waals surface area contributed by atoms with Crippen molar-refractivity contribution in [3.05, 3.63) is 35.9 Å². The predicted octanol–water partition coefficient (Wildman–Crippen LogP) is 3.71. The Labute approximate surface area is 298 Å². The van der Waals surface area contributed by atoms with Crippen LogP contribution in [0.1, 0.15) is 112 Å². The number of hydrogen-bond acceptors (Lipinski definition) is 7. The van der Waals surface area contributed by atoms with Crippen molar-refractivity contribution in [2.45, 2.75) is 143 Å². The van der Waals surface area contributed by atoms with Gasteiger partial charge in [-0.2, -0.15) is 0 Å². The number of rotatable bonds is 13. The van der Waals surface area contributed by atoms with Crippen molar-refractivity contribution in [2.24, 2.45) is 17.8 Å². The van der Waals surface area contributed by atoms with E-state index in [1.54, 1.807) is 13.8 Å². The van der Waals surface area contributed by atoms with Crippen molar-refractivity contribution >= 4 is 35.5 Å². The quantitative estimate of drug-likeness (QED) is 0.154. The van der Waals surface area contributed by atoms with E-state index in [1.807, 2.05) is 51.1 Å². The largest absolute Gasteiger partial charge is 0.460 e. The number of benzene rings is 1. The van der Waals surface area contributed by atoms with Gasteiger partial charge in [-0.3, -0.25) is 24.0 Å². The first-order valence-corrected chi connectivity index (χ1v) is 18.4. The smallest absolute Gasteiger partial charge is 0.329 e. The van der Waals surface area contributed by atoms with Crippen LogP contribution in [0.4, 0.5) is 0 Å². The van der Waals surface area contributed by atoms with Crippen LogP contribution in [0.5, 0.6) is 0 Å². The molecule has 0 saturated carbocycles. The molecule has 2 rings (SSSR count). The summed E-state index contributed by atoms with van der Waals surface area (Å²) in [7, 11) is 0. The van der Waals surface area contributed by atoms with Crippen LogP contribution in [-0.4, -0.2) is 72.3 Å². The van der Waals surface area contributed by atoms with Crippen molar-refractivity contribution in [3.63, 3.8) is 0 Å². The highest BCUT2D eigenvalue weighted by atomic mass is 16.5. The molecule has 0 spiro atoms. The minimum atomic E-state index is -1.11. The fourth-order valence-corrected chi connectivity index (χ4v) is 5.90. The van der Waals surface area contributed by atoms with Crippen LogP contribution >= 0.6 is 0 Å². The Hall–Kier alpha value is -3.96. The maximum Gasteiger partial charge on any atom is 0.329 e. The first kappa shape index (κ1) is 42.2. The molecule has 0 aliphatic carbocycles. The minimum Gasteiger partial charge on any atom is -0.460 e. The van der Waals surface area contributed by atoms with Crippen molar-refractivity contribution in [1.29, 1.82) is 0 Å². The Kier molecular flexibility index (Phi) is 18.6. The van der Waals surface area contributed by atoms with E-state index in [1.165, 1.54) is 13.3 Å². The van der Waals surface area contributed by atoms with Crippen molar-refractivity contribution in [3.8, 4) is 0 Å². The van der Waals surface area contributed by atoms with Crippen molar-refractivity contribution in [2.75, 3.05) is 6.54 Å². The van der Waals surface area contributed by atoms with Gasteiger partial charge in [-0.05, 0) is 43.1 Å². The molecule has 1 saturated heterocycles. The molecule has 5 amide bonds. The van der Waals surface area contributed by atoms with Gasteiger partial charge in [0.2, 0.25) is 29.5 Å². The van der Waals surface area contributed by atoms with Gasteiger partial charge in [0.05, 0.1) is 13.0 Å². The zero-order valence-electron chi connectivity index (χ0n) is 31.1. The number of carbonyl (C=O) groups is 6. The fraction of sp³-hybridized carbons (Fsp3) is 0.684. The molecule has 5 N–H and O–H groups in total. The summed E-state index contributed by atoms with van der Waals surface area (Å²) in [6.45, 7) is 12.5. The zero-order chi connectivity index (χ0) is 37.2. The third-order valence-electron chi connectivity index (χ3n) is 8.99. The monoisotopic (exact) mass is 699 g/mol. The molecule has 12 heteroatoms. The average Bonchev–Trinajstić information content (AvgIpc) is 3.06. The second-order valence-corrected chi connectivity index (χ2v) is 14.5. The summed E-state index contributed by atoms with van der Waals surface area (Å²) in [4.78, 5) is 80.3. The number of esters is 1. The van der Waals surface area contributed by atoms with Crippen molar-refractivity contribution in [1.82, 2.24) is 26.6 Å². The molecular formula is C38H61N5O7. The van der Waals surface area contributed by atoms with Crippen LogP contribution in [0, 0.1) is 17.8 Å². The molecule has 0 radical (unpaired) electrons. The molecule has 50 heavy (non-hydrogen) atoms. The van der Waals surface area contributed by atoms with E-state index >= 15 is 0 Å². The highest BCUT2D eigenvalue weighted by Crippen LogP contribution is 2.21. The van der Waals surface area contributed by atoms with Gasteiger partial charge < -0.3 is 31.3 Å². The molecule has 1 aromatic rings. The lowest BCUT2D eigenvalue weighted by Gasteiger charge is -2.28. The highest BCUT2D eigenvalue weighted by molar-refractivity contribution is 5.95. The summed E-state index contributed by atoms with van der Waals surface area (Å²) in [6, 6.07) is 5.03. The molecule has 0 bridgehead atoms. The van der Waals surface area contributed by atoms with Gasteiger partial charge in [-0.1, -0.05) is 110 Å². The fourth-order valence-electron chi connectivity index (χ4n) is 5.90. The number of cyclic esters (lactones) is 1. The maximum atomic E-state index is 13.8. The summed E-state index contributed by atoms with van der Waals surface area (Å²) < 4.78 is 6.03. The summed E-state index contributed by atoms with van der Waals surface area (Å²) in [5.74, 6) is -3.99. The Bertz CT molecular complexity index is 1260. The predicted molar refractivity (Wildman–Crippen MR) is 192 cm³/mol.